The lowest BCUT2D eigenvalue weighted by atomic mass is 9.89. The summed E-state index contributed by atoms with van der Waals surface area (Å²) in [5.74, 6) is 5.58. The first-order valence-corrected chi connectivity index (χ1v) is 4.26. The number of aliphatic hydroxyl groups excluding tert-OH is 2. The fourth-order valence-electron chi connectivity index (χ4n) is 0.553. The molecule has 0 fully saturated rings. The topological polar surface area (TPSA) is 40.5 Å². The number of rotatable bonds is 2. The van der Waals surface area contributed by atoms with Crippen LogP contribution in [0.15, 0.2) is 0 Å². The molecule has 0 bridgehead atoms. The third-order valence-electron chi connectivity index (χ3n) is 1.52. The molecule has 0 aliphatic heterocycles. The lowest BCUT2D eigenvalue weighted by molar-refractivity contribution is 0.114. The highest BCUT2D eigenvalue weighted by molar-refractivity contribution is 5.07. The predicted molar refractivity (Wildman–Crippen MR) is 49.6 cm³/mol. The van der Waals surface area contributed by atoms with Crippen molar-refractivity contribution in [3.8, 4) is 11.8 Å². The van der Waals surface area contributed by atoms with E-state index in [1.807, 2.05) is 20.8 Å². The summed E-state index contributed by atoms with van der Waals surface area (Å²) in [6.07, 6.45) is 0.768. The second-order valence-corrected chi connectivity index (χ2v) is 3.92. The summed E-state index contributed by atoms with van der Waals surface area (Å²) in [5.41, 5.74) is -0.174. The Labute approximate surface area is 74.6 Å². The second-order valence-electron chi connectivity index (χ2n) is 3.92. The zero-order valence-corrected chi connectivity index (χ0v) is 8.09. The zero-order valence-electron chi connectivity index (χ0n) is 8.09. The van der Waals surface area contributed by atoms with E-state index < -0.39 is 6.10 Å². The van der Waals surface area contributed by atoms with E-state index in [1.54, 1.807) is 0 Å². The van der Waals surface area contributed by atoms with Gasteiger partial charge in [-0.25, -0.2) is 0 Å². The molecule has 0 spiro atoms. The summed E-state index contributed by atoms with van der Waals surface area (Å²) in [4.78, 5) is 0. The van der Waals surface area contributed by atoms with E-state index in [2.05, 4.69) is 11.8 Å². The predicted octanol–water partition coefficient (Wildman–Crippen LogP) is 1.17. The van der Waals surface area contributed by atoms with Gasteiger partial charge in [0.25, 0.3) is 0 Å². The number of unbranched alkanes of at least 4 members (excludes halogenated alkanes) is 1. The van der Waals surface area contributed by atoms with Gasteiger partial charge >= 0.3 is 0 Å². The van der Waals surface area contributed by atoms with Gasteiger partial charge in [-0.15, -0.1) is 5.92 Å². The molecule has 0 aromatic heterocycles. The smallest absolute Gasteiger partial charge is 0.119 e. The Balaban J connectivity index is 3.79. The van der Waals surface area contributed by atoms with Crippen molar-refractivity contribution in [3.05, 3.63) is 0 Å². The molecule has 1 unspecified atom stereocenters. The largest absolute Gasteiger partial charge is 0.396 e. The van der Waals surface area contributed by atoms with Gasteiger partial charge in [-0.2, -0.15) is 0 Å². The average Bonchev–Trinajstić information content (AvgIpc) is 1.96. The van der Waals surface area contributed by atoms with Crippen molar-refractivity contribution in [2.24, 2.45) is 5.41 Å². The van der Waals surface area contributed by atoms with Crippen molar-refractivity contribution in [1.82, 2.24) is 0 Å². The van der Waals surface area contributed by atoms with Gasteiger partial charge in [-0.1, -0.05) is 26.7 Å². The quantitative estimate of drug-likeness (QED) is 0.482. The highest BCUT2D eigenvalue weighted by Gasteiger charge is 2.19. The molecule has 1 atom stereocenters. The Hall–Kier alpha value is -0.520. The minimum atomic E-state index is -0.573. The van der Waals surface area contributed by atoms with E-state index in [9.17, 15) is 5.11 Å². The van der Waals surface area contributed by atoms with Gasteiger partial charge in [0.2, 0.25) is 0 Å². The molecule has 0 amide bonds. The second kappa shape index (κ2) is 5.18. The van der Waals surface area contributed by atoms with Gasteiger partial charge in [0.05, 0.1) is 0 Å². The normalized spacial score (nSPS) is 13.4. The standard InChI is InChI=1S/C10H18O2/c1-10(2,3)9(12)7-5-4-6-8-11/h9,11-12H,4,6,8H2,1-3H3. The van der Waals surface area contributed by atoms with Crippen molar-refractivity contribution in [3.63, 3.8) is 0 Å². The Kier molecular flexibility index (Phi) is 4.96. The third-order valence-corrected chi connectivity index (χ3v) is 1.52. The number of hydrogen-bond acceptors (Lipinski definition) is 2. The van der Waals surface area contributed by atoms with E-state index >= 15 is 0 Å². The van der Waals surface area contributed by atoms with Crippen LogP contribution in [0.5, 0.6) is 0 Å². The fourth-order valence-corrected chi connectivity index (χ4v) is 0.553. The highest BCUT2D eigenvalue weighted by Crippen LogP contribution is 2.17. The van der Waals surface area contributed by atoms with Crippen molar-refractivity contribution < 1.29 is 10.2 Å². The monoisotopic (exact) mass is 170 g/mol. The Morgan fingerprint density at radius 2 is 1.92 bits per heavy atom. The zero-order chi connectivity index (χ0) is 9.61. The minimum absolute atomic E-state index is 0.167. The first-order chi connectivity index (χ1) is 5.48. The molecule has 2 N–H and O–H groups in total. The molecular formula is C10H18O2. The van der Waals surface area contributed by atoms with Crippen molar-refractivity contribution in [2.75, 3.05) is 6.61 Å². The van der Waals surface area contributed by atoms with Crippen LogP contribution >= 0.6 is 0 Å². The van der Waals surface area contributed by atoms with Crippen LogP contribution in [0.3, 0.4) is 0 Å². The Morgan fingerprint density at radius 1 is 1.33 bits per heavy atom. The summed E-state index contributed by atoms with van der Waals surface area (Å²) in [6.45, 7) is 6.00. The molecule has 70 valence electrons. The number of hydrogen-bond donors (Lipinski definition) is 2. The summed E-state index contributed by atoms with van der Waals surface area (Å²) >= 11 is 0. The fraction of sp³-hybridized carbons (Fsp3) is 0.800. The molecule has 0 saturated carbocycles. The summed E-state index contributed by atoms with van der Waals surface area (Å²) in [6, 6.07) is 0. The van der Waals surface area contributed by atoms with E-state index in [4.69, 9.17) is 5.11 Å². The molecule has 2 nitrogen and oxygen atoms in total. The molecule has 0 aromatic carbocycles. The molecule has 2 heteroatoms. The minimum Gasteiger partial charge on any atom is -0.396 e. The highest BCUT2D eigenvalue weighted by atomic mass is 16.3. The van der Waals surface area contributed by atoms with Gasteiger partial charge in [0, 0.05) is 13.0 Å². The van der Waals surface area contributed by atoms with Crippen molar-refractivity contribution in [2.45, 2.75) is 39.7 Å². The summed E-state index contributed by atoms with van der Waals surface area (Å²) in [5, 5.41) is 17.9. The number of aliphatic hydroxyl groups is 2. The van der Waals surface area contributed by atoms with Crippen molar-refractivity contribution in [1.29, 1.82) is 0 Å². The van der Waals surface area contributed by atoms with Crippen LogP contribution < -0.4 is 0 Å². The van der Waals surface area contributed by atoms with Gasteiger partial charge in [-0.3, -0.25) is 0 Å². The van der Waals surface area contributed by atoms with Crippen LogP contribution in [0.1, 0.15) is 33.6 Å². The summed E-state index contributed by atoms with van der Waals surface area (Å²) < 4.78 is 0. The van der Waals surface area contributed by atoms with Gasteiger partial charge < -0.3 is 10.2 Å². The Bertz CT molecular complexity index is 169. The molecule has 0 radical (unpaired) electrons. The van der Waals surface area contributed by atoms with Crippen LogP contribution in [0.25, 0.3) is 0 Å². The van der Waals surface area contributed by atoms with Crippen LogP contribution in [0.4, 0.5) is 0 Å². The van der Waals surface area contributed by atoms with Crippen LogP contribution in [0.2, 0.25) is 0 Å². The van der Waals surface area contributed by atoms with Gasteiger partial charge in [0.1, 0.15) is 6.10 Å². The van der Waals surface area contributed by atoms with Crippen LogP contribution in [0, 0.1) is 17.3 Å². The molecule has 0 aliphatic rings. The maximum atomic E-state index is 9.45. The first kappa shape index (κ1) is 11.5. The van der Waals surface area contributed by atoms with Crippen LogP contribution in [-0.4, -0.2) is 22.9 Å². The van der Waals surface area contributed by atoms with Gasteiger partial charge in [0.15, 0.2) is 0 Å². The third kappa shape index (κ3) is 5.17. The Morgan fingerprint density at radius 3 is 2.33 bits per heavy atom. The first-order valence-electron chi connectivity index (χ1n) is 4.26. The van der Waals surface area contributed by atoms with Gasteiger partial charge in [-0.05, 0) is 11.8 Å². The molecule has 0 saturated heterocycles. The van der Waals surface area contributed by atoms with E-state index in [0.717, 1.165) is 0 Å². The maximum absolute atomic E-state index is 9.45. The lowest BCUT2D eigenvalue weighted by Gasteiger charge is -2.20. The summed E-state index contributed by atoms with van der Waals surface area (Å²) in [7, 11) is 0. The van der Waals surface area contributed by atoms with Crippen LogP contribution in [-0.2, 0) is 0 Å². The molecule has 0 aromatic rings. The molecule has 0 heterocycles. The lowest BCUT2D eigenvalue weighted by Crippen LogP contribution is -2.23. The SMILES string of the molecule is CC(C)(C)C(O)C#CCCCO. The molecule has 0 rings (SSSR count). The molecule has 0 aliphatic carbocycles. The molecule has 12 heavy (non-hydrogen) atoms. The average molecular weight is 170 g/mol. The van der Waals surface area contributed by atoms with Crippen molar-refractivity contribution >= 4 is 0 Å². The van der Waals surface area contributed by atoms with E-state index in [1.165, 1.54) is 0 Å². The van der Waals surface area contributed by atoms with E-state index in [0.29, 0.717) is 12.8 Å². The molecular weight excluding hydrogens is 152 g/mol. The maximum Gasteiger partial charge on any atom is 0.119 e. The van der Waals surface area contributed by atoms with E-state index in [-0.39, 0.29) is 12.0 Å².